The molecule has 3 aromatic rings. The van der Waals surface area contributed by atoms with Gasteiger partial charge in [-0.05, 0) is 54.8 Å². The minimum Gasteiger partial charge on any atom is -0.457 e. The Morgan fingerprint density at radius 3 is 2.50 bits per heavy atom. The van der Waals surface area contributed by atoms with E-state index in [2.05, 4.69) is 42.2 Å². The van der Waals surface area contributed by atoms with Crippen LogP contribution in [0.4, 0.5) is 0 Å². The lowest BCUT2D eigenvalue weighted by molar-refractivity contribution is 0.481. The summed E-state index contributed by atoms with van der Waals surface area (Å²) in [7, 11) is 0. The fourth-order valence-corrected chi connectivity index (χ4v) is 3.10. The number of hydrogen-bond donors (Lipinski definition) is 1. The number of amidine groups is 1. The summed E-state index contributed by atoms with van der Waals surface area (Å²) in [5.41, 5.74) is 10.4. The molecule has 0 atom stereocenters. The van der Waals surface area contributed by atoms with Gasteiger partial charge in [0.25, 0.3) is 0 Å². The van der Waals surface area contributed by atoms with E-state index >= 15 is 0 Å². The number of para-hydroxylation sites is 1. The number of rotatable bonds is 6. The van der Waals surface area contributed by atoms with Gasteiger partial charge in [0.05, 0.1) is 6.21 Å². The molecule has 0 aliphatic carbocycles. The summed E-state index contributed by atoms with van der Waals surface area (Å²) in [5, 5.41) is 8.63. The van der Waals surface area contributed by atoms with Gasteiger partial charge >= 0.3 is 0 Å². The minimum absolute atomic E-state index is 0.424. The van der Waals surface area contributed by atoms with Crippen molar-refractivity contribution in [2.24, 2.45) is 15.9 Å². The Bertz CT molecular complexity index is 984. The molecule has 2 N–H and O–H groups in total. The van der Waals surface area contributed by atoms with Crippen LogP contribution in [0, 0.1) is 13.8 Å². The van der Waals surface area contributed by atoms with E-state index in [4.69, 9.17) is 10.5 Å². The van der Waals surface area contributed by atoms with Gasteiger partial charge in [-0.15, -0.1) is 5.10 Å². The molecule has 28 heavy (non-hydrogen) atoms. The second kappa shape index (κ2) is 9.76. The molecule has 4 nitrogen and oxygen atoms in total. The average molecular weight is 390 g/mol. The molecule has 0 saturated carbocycles. The summed E-state index contributed by atoms with van der Waals surface area (Å²) in [4.78, 5) is 0. The molecule has 0 fully saturated rings. The van der Waals surface area contributed by atoms with E-state index in [-0.39, 0.29) is 0 Å². The van der Waals surface area contributed by atoms with Gasteiger partial charge in [-0.3, -0.25) is 0 Å². The van der Waals surface area contributed by atoms with Crippen LogP contribution in [0.25, 0.3) is 0 Å². The molecule has 0 spiro atoms. The van der Waals surface area contributed by atoms with E-state index in [0.29, 0.717) is 5.17 Å². The Hall–Kier alpha value is -3.05. The second-order valence-electron chi connectivity index (χ2n) is 6.34. The lowest BCUT2D eigenvalue weighted by atomic mass is 10.1. The molecule has 0 saturated heterocycles. The third-order valence-electron chi connectivity index (χ3n) is 4.21. The summed E-state index contributed by atoms with van der Waals surface area (Å²) in [6, 6.07) is 23.9. The Morgan fingerprint density at radius 2 is 1.71 bits per heavy atom. The quantitative estimate of drug-likeness (QED) is 0.335. The third kappa shape index (κ3) is 5.72. The van der Waals surface area contributed by atoms with Gasteiger partial charge in [-0.25, -0.2) is 0 Å². The highest BCUT2D eigenvalue weighted by Gasteiger charge is 2.04. The van der Waals surface area contributed by atoms with Gasteiger partial charge in [-0.1, -0.05) is 60.3 Å². The first-order valence-corrected chi connectivity index (χ1v) is 9.98. The highest BCUT2D eigenvalue weighted by atomic mass is 32.2. The lowest BCUT2D eigenvalue weighted by Crippen LogP contribution is -2.06. The van der Waals surface area contributed by atoms with Crippen molar-refractivity contribution in [3.8, 4) is 11.5 Å². The van der Waals surface area contributed by atoms with Crippen molar-refractivity contribution in [1.82, 2.24) is 0 Å². The Kier molecular flexibility index (Phi) is 6.87. The third-order valence-corrected chi connectivity index (χ3v) is 5.06. The molecule has 0 aliphatic rings. The maximum Gasteiger partial charge on any atom is 0.180 e. The Labute approximate surface area is 170 Å². The number of thioether (sulfide) groups is 1. The number of benzene rings is 3. The monoisotopic (exact) mass is 389 g/mol. The zero-order valence-corrected chi connectivity index (χ0v) is 16.8. The second-order valence-corrected chi connectivity index (χ2v) is 7.34. The number of hydrogen-bond acceptors (Lipinski definition) is 4. The molecule has 0 aromatic heterocycles. The molecule has 0 radical (unpaired) electrons. The van der Waals surface area contributed by atoms with E-state index in [1.807, 2.05) is 54.6 Å². The minimum atomic E-state index is 0.424. The van der Waals surface area contributed by atoms with Crippen molar-refractivity contribution in [2.75, 3.05) is 0 Å². The predicted octanol–water partition coefficient (Wildman–Crippen LogP) is 5.68. The summed E-state index contributed by atoms with van der Waals surface area (Å²) in [6.45, 7) is 4.15. The standard InChI is InChI=1S/C23H23N3OS/c1-17-12-13-21(14-18(17)2)27-22-11-7-6-10-20(22)15-25-26-23(24)28-16-19-8-4-3-5-9-19/h3-15H,16H2,1-2H3,(H2,24,26). The number of nitrogens with zero attached hydrogens (tertiary/aromatic N) is 2. The average Bonchev–Trinajstić information content (AvgIpc) is 2.71. The van der Waals surface area contributed by atoms with Gasteiger partial charge in [0.15, 0.2) is 5.17 Å². The van der Waals surface area contributed by atoms with Crippen LogP contribution >= 0.6 is 11.8 Å². The maximum absolute atomic E-state index is 6.03. The smallest absolute Gasteiger partial charge is 0.180 e. The van der Waals surface area contributed by atoms with Crippen molar-refractivity contribution in [1.29, 1.82) is 0 Å². The molecule has 0 aliphatic heterocycles. The molecule has 142 valence electrons. The van der Waals surface area contributed by atoms with E-state index < -0.39 is 0 Å². The van der Waals surface area contributed by atoms with Gasteiger partial charge in [0.1, 0.15) is 11.5 Å². The number of ether oxygens (including phenoxy) is 1. The van der Waals surface area contributed by atoms with Crippen LogP contribution in [0.2, 0.25) is 0 Å². The molecule has 5 heteroatoms. The first kappa shape index (κ1) is 19.7. The number of aryl methyl sites for hydroxylation is 2. The summed E-state index contributed by atoms with van der Waals surface area (Å²) >= 11 is 1.46. The topological polar surface area (TPSA) is 60.0 Å². The van der Waals surface area contributed by atoms with Gasteiger partial charge in [0, 0.05) is 11.3 Å². The van der Waals surface area contributed by atoms with Crippen LogP contribution in [0.3, 0.4) is 0 Å². The Morgan fingerprint density at radius 1 is 0.964 bits per heavy atom. The van der Waals surface area contributed by atoms with Crippen LogP contribution in [0.5, 0.6) is 11.5 Å². The van der Waals surface area contributed by atoms with Crippen LogP contribution in [0.15, 0.2) is 83.0 Å². The molecule has 0 bridgehead atoms. The van der Waals surface area contributed by atoms with Crippen molar-refractivity contribution in [3.05, 3.63) is 95.1 Å². The van der Waals surface area contributed by atoms with Crippen LogP contribution < -0.4 is 10.5 Å². The van der Waals surface area contributed by atoms with E-state index in [0.717, 1.165) is 22.8 Å². The van der Waals surface area contributed by atoms with Crippen LogP contribution in [-0.2, 0) is 5.75 Å². The predicted molar refractivity (Wildman–Crippen MR) is 119 cm³/mol. The summed E-state index contributed by atoms with van der Waals surface area (Å²) in [5.74, 6) is 2.28. The van der Waals surface area contributed by atoms with Crippen molar-refractivity contribution in [3.63, 3.8) is 0 Å². The van der Waals surface area contributed by atoms with Gasteiger partial charge in [0.2, 0.25) is 0 Å². The molecular formula is C23H23N3OS. The highest BCUT2D eigenvalue weighted by molar-refractivity contribution is 8.13. The number of nitrogens with two attached hydrogens (primary N) is 1. The highest BCUT2D eigenvalue weighted by Crippen LogP contribution is 2.26. The lowest BCUT2D eigenvalue weighted by Gasteiger charge is -2.10. The largest absolute Gasteiger partial charge is 0.457 e. The van der Waals surface area contributed by atoms with Gasteiger partial charge in [-0.2, -0.15) is 5.10 Å². The van der Waals surface area contributed by atoms with E-state index in [1.165, 1.54) is 28.5 Å². The fourth-order valence-electron chi connectivity index (χ4n) is 2.49. The van der Waals surface area contributed by atoms with Gasteiger partial charge < -0.3 is 10.5 Å². The molecule has 0 unspecified atom stereocenters. The van der Waals surface area contributed by atoms with Crippen molar-refractivity contribution in [2.45, 2.75) is 19.6 Å². The zero-order valence-electron chi connectivity index (χ0n) is 16.0. The van der Waals surface area contributed by atoms with Crippen LogP contribution in [-0.4, -0.2) is 11.4 Å². The fraction of sp³-hybridized carbons (Fsp3) is 0.130. The maximum atomic E-state index is 6.03. The molecule has 3 rings (SSSR count). The SMILES string of the molecule is Cc1ccc(Oc2ccccc2C=NN=C(N)SCc2ccccc2)cc1C. The summed E-state index contributed by atoms with van der Waals surface area (Å²) in [6.07, 6.45) is 1.66. The zero-order chi connectivity index (χ0) is 19.8. The molecule has 3 aromatic carbocycles. The Balaban J connectivity index is 1.65. The molecule has 0 amide bonds. The van der Waals surface area contributed by atoms with Crippen molar-refractivity contribution < 1.29 is 4.74 Å². The first-order chi connectivity index (χ1) is 13.6. The van der Waals surface area contributed by atoms with Crippen molar-refractivity contribution >= 4 is 23.1 Å². The molecular weight excluding hydrogens is 366 g/mol. The van der Waals surface area contributed by atoms with Crippen LogP contribution in [0.1, 0.15) is 22.3 Å². The van der Waals surface area contributed by atoms with E-state index in [9.17, 15) is 0 Å². The van der Waals surface area contributed by atoms with E-state index in [1.54, 1.807) is 6.21 Å². The molecule has 0 heterocycles. The first-order valence-electron chi connectivity index (χ1n) is 8.99. The summed E-state index contributed by atoms with van der Waals surface area (Å²) < 4.78 is 6.03. The normalized spacial score (nSPS) is 11.7.